The van der Waals surface area contributed by atoms with Gasteiger partial charge in [-0.1, -0.05) is 19.3 Å². The minimum atomic E-state index is -1.09. The van der Waals surface area contributed by atoms with Crippen molar-refractivity contribution < 1.29 is 28.2 Å². The van der Waals surface area contributed by atoms with E-state index < -0.39 is 28.4 Å². The zero-order chi connectivity index (χ0) is 26.3. The predicted molar refractivity (Wildman–Crippen MR) is 139 cm³/mol. The minimum Gasteiger partial charge on any atom is -0.480 e. The highest BCUT2D eigenvalue weighted by atomic mass is 32.2. The average Bonchev–Trinajstić information content (AvgIpc) is 2.82. The summed E-state index contributed by atoms with van der Waals surface area (Å²) in [4.78, 5) is 27.4. The van der Waals surface area contributed by atoms with E-state index in [0.717, 1.165) is 55.3 Å². The number of nitrogens with one attached hydrogen (secondary N) is 2. The Kier molecular flexibility index (Phi) is 9.56. The monoisotopic (exact) mass is 521 g/mol. The Morgan fingerprint density at radius 3 is 2.42 bits per heavy atom. The summed E-state index contributed by atoms with van der Waals surface area (Å²) in [7, 11) is 1.64. The molecule has 0 atom stereocenters. The highest BCUT2D eigenvalue weighted by Crippen LogP contribution is 2.39. The first-order chi connectivity index (χ1) is 17.1. The summed E-state index contributed by atoms with van der Waals surface area (Å²) in [6, 6.07) is 7.92. The SMILES string of the molecule is COCCN(c1ccc(SC(C)(C)C(=O)O)cc1NC(=O)Nc1ccc(F)cc1F)C1CCCCC1. The number of methoxy groups -OCH3 is 1. The van der Waals surface area contributed by atoms with E-state index in [0.29, 0.717) is 29.8 Å². The highest BCUT2D eigenvalue weighted by molar-refractivity contribution is 8.01. The molecular weight excluding hydrogens is 488 g/mol. The molecule has 0 radical (unpaired) electrons. The van der Waals surface area contributed by atoms with Gasteiger partial charge in [-0.3, -0.25) is 4.79 Å². The number of nitrogens with zero attached hydrogens (tertiary/aromatic N) is 1. The number of benzene rings is 2. The van der Waals surface area contributed by atoms with Crippen LogP contribution in [0.3, 0.4) is 0 Å². The summed E-state index contributed by atoms with van der Waals surface area (Å²) in [5.74, 6) is -2.59. The van der Waals surface area contributed by atoms with Crippen molar-refractivity contribution >= 4 is 40.8 Å². The normalized spacial score (nSPS) is 14.4. The zero-order valence-electron chi connectivity index (χ0n) is 20.8. The van der Waals surface area contributed by atoms with Gasteiger partial charge in [0.15, 0.2) is 0 Å². The van der Waals surface area contributed by atoms with E-state index in [1.807, 2.05) is 12.1 Å². The Bertz CT molecular complexity index is 1080. The maximum atomic E-state index is 14.1. The van der Waals surface area contributed by atoms with Crippen molar-refractivity contribution in [3.63, 3.8) is 0 Å². The van der Waals surface area contributed by atoms with Crippen LogP contribution in [0.2, 0.25) is 0 Å². The molecule has 196 valence electrons. The van der Waals surface area contributed by atoms with Gasteiger partial charge in [0.2, 0.25) is 0 Å². The van der Waals surface area contributed by atoms with Gasteiger partial charge in [0.05, 0.1) is 23.7 Å². The van der Waals surface area contributed by atoms with Gasteiger partial charge in [-0.05, 0) is 57.0 Å². The molecule has 1 aliphatic rings. The van der Waals surface area contributed by atoms with Crippen LogP contribution in [0.5, 0.6) is 0 Å². The summed E-state index contributed by atoms with van der Waals surface area (Å²) >= 11 is 1.16. The number of urea groups is 1. The lowest BCUT2D eigenvalue weighted by Crippen LogP contribution is -2.39. The van der Waals surface area contributed by atoms with Gasteiger partial charge in [-0.15, -0.1) is 11.8 Å². The van der Waals surface area contributed by atoms with Crippen LogP contribution in [-0.4, -0.2) is 48.2 Å². The second kappa shape index (κ2) is 12.4. The molecule has 0 aromatic heterocycles. The standard InChI is InChI=1S/C26H33F2N3O4S/c1-26(2,24(32)33)36-19-10-12-23(31(13-14-35-3)18-7-5-4-6-8-18)22(16-19)30-25(34)29-21-11-9-17(27)15-20(21)28/h9-12,15-16,18H,4-8,13-14H2,1-3H3,(H,32,33)(H2,29,30,34). The first-order valence-electron chi connectivity index (χ1n) is 12.0. The summed E-state index contributed by atoms with van der Waals surface area (Å²) in [5, 5.41) is 14.8. The molecule has 1 saturated carbocycles. The summed E-state index contributed by atoms with van der Waals surface area (Å²) < 4.78 is 31.6. The largest absolute Gasteiger partial charge is 0.480 e. The number of rotatable bonds is 10. The predicted octanol–water partition coefficient (Wildman–Crippen LogP) is 6.35. The fraction of sp³-hybridized carbons (Fsp3) is 0.462. The van der Waals surface area contributed by atoms with Gasteiger partial charge >= 0.3 is 12.0 Å². The van der Waals surface area contributed by atoms with Gasteiger partial charge in [0.1, 0.15) is 16.4 Å². The Hall–Kier alpha value is -2.85. The fourth-order valence-electron chi connectivity index (χ4n) is 4.22. The molecule has 10 heteroatoms. The second-order valence-corrected chi connectivity index (χ2v) is 11.0. The summed E-state index contributed by atoms with van der Waals surface area (Å²) in [6.07, 6.45) is 5.44. The van der Waals surface area contributed by atoms with Crippen molar-refractivity contribution in [1.29, 1.82) is 0 Å². The molecule has 7 nitrogen and oxygen atoms in total. The van der Waals surface area contributed by atoms with Gasteiger partial charge in [-0.2, -0.15) is 0 Å². The molecule has 1 fully saturated rings. The smallest absolute Gasteiger partial charge is 0.323 e. The van der Waals surface area contributed by atoms with Gasteiger partial charge < -0.3 is 25.4 Å². The Morgan fingerprint density at radius 1 is 1.08 bits per heavy atom. The average molecular weight is 522 g/mol. The molecule has 36 heavy (non-hydrogen) atoms. The number of amides is 2. The third kappa shape index (κ3) is 7.33. The number of carbonyl (C=O) groups excluding carboxylic acids is 1. The molecule has 0 unspecified atom stereocenters. The molecule has 0 aliphatic heterocycles. The molecule has 0 heterocycles. The van der Waals surface area contributed by atoms with Crippen molar-refractivity contribution in [2.75, 3.05) is 35.8 Å². The topological polar surface area (TPSA) is 90.9 Å². The van der Waals surface area contributed by atoms with Crippen LogP contribution in [0.4, 0.5) is 30.6 Å². The third-order valence-corrected chi connectivity index (χ3v) is 7.32. The lowest BCUT2D eigenvalue weighted by Gasteiger charge is -2.37. The van der Waals surface area contributed by atoms with Crippen LogP contribution in [0.15, 0.2) is 41.3 Å². The number of thioether (sulfide) groups is 1. The lowest BCUT2D eigenvalue weighted by atomic mass is 9.93. The van der Waals surface area contributed by atoms with Crippen molar-refractivity contribution in [3.8, 4) is 0 Å². The van der Waals surface area contributed by atoms with E-state index in [2.05, 4.69) is 15.5 Å². The van der Waals surface area contributed by atoms with E-state index in [1.165, 1.54) is 6.42 Å². The van der Waals surface area contributed by atoms with Crippen molar-refractivity contribution in [3.05, 3.63) is 48.0 Å². The van der Waals surface area contributed by atoms with E-state index in [9.17, 15) is 23.5 Å². The molecule has 0 spiro atoms. The van der Waals surface area contributed by atoms with Crippen molar-refractivity contribution in [2.45, 2.75) is 61.6 Å². The van der Waals surface area contributed by atoms with Crippen LogP contribution in [-0.2, 0) is 9.53 Å². The molecule has 1 aliphatic carbocycles. The van der Waals surface area contributed by atoms with Crippen LogP contribution in [0.25, 0.3) is 0 Å². The zero-order valence-corrected chi connectivity index (χ0v) is 21.6. The summed E-state index contributed by atoms with van der Waals surface area (Å²) in [5.41, 5.74) is 1.07. The van der Waals surface area contributed by atoms with E-state index >= 15 is 0 Å². The maximum absolute atomic E-state index is 14.1. The molecule has 2 aromatic rings. The number of hydrogen-bond donors (Lipinski definition) is 3. The molecule has 3 rings (SSSR count). The Balaban J connectivity index is 1.95. The van der Waals surface area contributed by atoms with Crippen LogP contribution in [0.1, 0.15) is 46.0 Å². The number of halogens is 2. The molecule has 0 bridgehead atoms. The lowest BCUT2D eigenvalue weighted by molar-refractivity contribution is -0.138. The van der Waals surface area contributed by atoms with Crippen LogP contribution in [0, 0.1) is 11.6 Å². The molecule has 0 saturated heterocycles. The number of carboxylic acid groups (broad SMARTS) is 1. The minimum absolute atomic E-state index is 0.156. The Labute approximate surface area is 214 Å². The highest BCUT2D eigenvalue weighted by Gasteiger charge is 2.30. The quantitative estimate of drug-likeness (QED) is 0.316. The van der Waals surface area contributed by atoms with Gasteiger partial charge in [-0.25, -0.2) is 13.6 Å². The second-order valence-electron chi connectivity index (χ2n) is 9.28. The summed E-state index contributed by atoms with van der Waals surface area (Å²) in [6.45, 7) is 4.32. The Morgan fingerprint density at radius 2 is 1.78 bits per heavy atom. The van der Waals surface area contributed by atoms with Crippen LogP contribution >= 0.6 is 11.8 Å². The van der Waals surface area contributed by atoms with E-state index in [1.54, 1.807) is 27.0 Å². The molecule has 2 amide bonds. The molecular formula is C26H33F2N3O4S. The molecule has 3 N–H and O–H groups in total. The van der Waals surface area contributed by atoms with Crippen molar-refractivity contribution in [2.24, 2.45) is 0 Å². The number of ether oxygens (including phenoxy) is 1. The number of carboxylic acids is 1. The number of aliphatic carboxylic acids is 1. The maximum Gasteiger partial charge on any atom is 0.323 e. The van der Waals surface area contributed by atoms with Gasteiger partial charge in [0.25, 0.3) is 0 Å². The van der Waals surface area contributed by atoms with E-state index in [4.69, 9.17) is 4.74 Å². The fourth-order valence-corrected chi connectivity index (χ4v) is 5.21. The van der Waals surface area contributed by atoms with Crippen LogP contribution < -0.4 is 15.5 Å². The number of anilines is 3. The molecule has 2 aromatic carbocycles. The number of carbonyl (C=O) groups is 2. The first-order valence-corrected chi connectivity index (χ1v) is 12.8. The van der Waals surface area contributed by atoms with E-state index in [-0.39, 0.29) is 11.7 Å². The number of hydrogen-bond acceptors (Lipinski definition) is 5. The van der Waals surface area contributed by atoms with Crippen molar-refractivity contribution in [1.82, 2.24) is 0 Å². The van der Waals surface area contributed by atoms with Gasteiger partial charge in [0, 0.05) is 30.7 Å². The first kappa shape index (κ1) is 27.7. The third-order valence-electron chi connectivity index (χ3n) is 6.14.